The van der Waals surface area contributed by atoms with E-state index in [0.717, 1.165) is 63.6 Å². The number of carbonyl (C=O) groups is 4. The topological polar surface area (TPSA) is 197 Å². The monoisotopic (exact) mass is 994 g/mol. The number of likely N-dealkylation sites (N-methyl/N-ethyl adjacent to an activating group) is 1. The number of amides is 4. The van der Waals surface area contributed by atoms with E-state index < -0.39 is 41.4 Å². The van der Waals surface area contributed by atoms with Crippen LogP contribution in [0, 0.1) is 34.0 Å². The number of aromatic nitrogens is 4. The highest BCUT2D eigenvalue weighted by atomic mass is 32.1. The highest BCUT2D eigenvalue weighted by Crippen LogP contribution is 2.42. The minimum absolute atomic E-state index is 0.00304. The fourth-order valence-electron chi connectivity index (χ4n) is 10.2. The normalized spacial score (nSPS) is 21.8. The third-order valence-corrected chi connectivity index (χ3v) is 14.8. The van der Waals surface area contributed by atoms with Crippen molar-refractivity contribution < 1.29 is 38.4 Å². The van der Waals surface area contributed by atoms with Crippen molar-refractivity contribution in [3.05, 3.63) is 57.7 Å². The van der Waals surface area contributed by atoms with E-state index in [2.05, 4.69) is 71.0 Å². The van der Waals surface area contributed by atoms with Crippen molar-refractivity contribution in [2.24, 2.45) is 17.3 Å². The Hall–Kier alpha value is -5.85. The smallest absolute Gasteiger partial charge is 0.326 e. The molecule has 2 N–H and O–H groups in total. The maximum absolute atomic E-state index is 14.7. The number of ether oxygens (including phenoxy) is 2. The van der Waals surface area contributed by atoms with E-state index in [0.29, 0.717) is 74.3 Å². The highest BCUT2D eigenvalue weighted by Gasteiger charge is 2.42. The zero-order valence-corrected chi connectivity index (χ0v) is 43.1. The lowest BCUT2D eigenvalue weighted by Gasteiger charge is -2.35. The molecule has 1 aromatic carbocycles. The summed E-state index contributed by atoms with van der Waals surface area (Å²) >= 11 is 1.15. The summed E-state index contributed by atoms with van der Waals surface area (Å²) in [4.78, 5) is 91.8. The standard InChI is InChI=1S/C51H67N11O8S/c1-9-60-40-17-16-34-27-37(40)38(46(60)36-13-10-19-52-44(36)33(4)68-8)29-51(5,6)31-70-62(67)41-14-11-21-61(55-41)50(66)39(28-42-54-47(34)56-71-42)53-48(64)45(32(2)3)57(7)49(65)35-18-22-59(30-35)43(63)15-12-20-58-23-25-69-26-24-58/h10,13,16-17,19,27,32-33,35,39,41,45,55H,9,11,14,18,20-26,28-31H2,1-8H3/p+1/t33-,35-,39-,41+,45-/m0/s1. The molecule has 3 aromatic heterocycles. The molecular weight excluding hydrogens is 927 g/mol. The van der Waals surface area contributed by atoms with Crippen LogP contribution in [-0.2, 0) is 52.9 Å². The van der Waals surface area contributed by atoms with Crippen LogP contribution in [0.15, 0.2) is 36.5 Å². The number of fused-ring (bicyclic) bond motifs is 6. The fourth-order valence-corrected chi connectivity index (χ4v) is 10.9. The molecule has 8 rings (SSSR count). The van der Waals surface area contributed by atoms with Crippen molar-refractivity contribution in [1.82, 2.24) is 49.4 Å². The molecule has 7 heterocycles. The fraction of sp³-hybridized carbons (Fsp3) is 0.588. The van der Waals surface area contributed by atoms with E-state index in [1.807, 2.05) is 32.9 Å². The number of hydrogen-bond donors (Lipinski definition) is 2. The molecule has 6 bridgehead atoms. The first-order chi connectivity index (χ1) is 34.1. The lowest BCUT2D eigenvalue weighted by atomic mass is 9.84. The van der Waals surface area contributed by atoms with Gasteiger partial charge < -0.3 is 29.2 Å². The van der Waals surface area contributed by atoms with E-state index in [-0.39, 0.29) is 50.0 Å². The Labute approximate surface area is 419 Å². The molecular formula is C51H68N11O8S+. The second-order valence-electron chi connectivity index (χ2n) is 20.1. The predicted molar refractivity (Wildman–Crippen MR) is 267 cm³/mol. The van der Waals surface area contributed by atoms with Gasteiger partial charge in [0.2, 0.25) is 16.7 Å². The molecule has 20 heteroatoms. The summed E-state index contributed by atoms with van der Waals surface area (Å²) < 4.78 is 18.3. The van der Waals surface area contributed by atoms with E-state index >= 15 is 0 Å². The SMILES string of the molecule is CCn1c(-c2cccnc2[C@H](C)OC)c2c3cc(ccc31)-c1nsc(n1)C[C@H](NC(=O)[C@H](C(C)C)N(C)C(=O)[C@H]1CCN(C(=O)C#CCN3CCOCC3)C1)C(=O)N1CCC[C@H](N1)[N+](=O)OCC(C)(C)C2. The van der Waals surface area contributed by atoms with Gasteiger partial charge in [0.05, 0.1) is 48.1 Å². The van der Waals surface area contributed by atoms with Crippen LogP contribution in [0.1, 0.15) is 83.2 Å². The van der Waals surface area contributed by atoms with Gasteiger partial charge in [-0.2, -0.15) is 9.80 Å². The molecule has 4 aromatic rings. The molecule has 71 heavy (non-hydrogen) atoms. The Bertz CT molecular complexity index is 2690. The third-order valence-electron chi connectivity index (χ3n) is 14.1. The van der Waals surface area contributed by atoms with Gasteiger partial charge in [0.1, 0.15) is 17.1 Å². The molecule has 0 unspecified atom stereocenters. The number of pyridine rings is 1. The van der Waals surface area contributed by atoms with Crippen LogP contribution >= 0.6 is 11.5 Å². The Balaban J connectivity index is 1.08. The molecule has 19 nitrogen and oxygen atoms in total. The minimum Gasteiger partial charge on any atom is -0.379 e. The van der Waals surface area contributed by atoms with E-state index in [1.165, 1.54) is 9.91 Å². The van der Waals surface area contributed by atoms with Crippen LogP contribution < -0.4 is 10.7 Å². The lowest BCUT2D eigenvalue weighted by Crippen LogP contribution is -2.62. The molecule has 4 aliphatic rings. The number of hydrazine groups is 1. The molecule has 0 saturated carbocycles. The van der Waals surface area contributed by atoms with Crippen LogP contribution in [0.2, 0.25) is 0 Å². The molecule has 5 atom stereocenters. The van der Waals surface area contributed by atoms with Crippen molar-refractivity contribution >= 4 is 46.1 Å². The van der Waals surface area contributed by atoms with Crippen molar-refractivity contribution in [2.45, 2.75) is 105 Å². The molecule has 3 saturated heterocycles. The number of benzene rings is 1. The number of likely N-dealkylation sites (tertiary alicyclic amines) is 1. The summed E-state index contributed by atoms with van der Waals surface area (Å²) in [6, 6.07) is 8.10. The minimum atomic E-state index is -1.15. The average Bonchev–Trinajstić information content (AvgIpc) is 4.13. The molecule has 4 amide bonds. The van der Waals surface area contributed by atoms with Gasteiger partial charge in [-0.05, 0) is 92.4 Å². The first-order valence-electron chi connectivity index (χ1n) is 24.8. The maximum atomic E-state index is 14.7. The van der Waals surface area contributed by atoms with Gasteiger partial charge in [-0.15, -0.1) is 0 Å². The number of rotatable bonds is 10. The third kappa shape index (κ3) is 11.4. The summed E-state index contributed by atoms with van der Waals surface area (Å²) in [5.41, 5.74) is 8.17. The molecule has 0 aliphatic carbocycles. The van der Waals surface area contributed by atoms with Crippen molar-refractivity contribution in [3.8, 4) is 34.5 Å². The Morgan fingerprint density at radius 3 is 2.65 bits per heavy atom. The van der Waals surface area contributed by atoms with E-state index in [4.69, 9.17) is 28.7 Å². The summed E-state index contributed by atoms with van der Waals surface area (Å²) in [6.45, 7) is 16.8. The molecule has 0 radical (unpaired) electrons. The summed E-state index contributed by atoms with van der Waals surface area (Å²) in [6.07, 6.45) is 2.50. The summed E-state index contributed by atoms with van der Waals surface area (Å²) in [5, 5.41) is 5.89. The number of hydrogen-bond acceptors (Lipinski definition) is 14. The van der Waals surface area contributed by atoms with Crippen LogP contribution in [0.5, 0.6) is 0 Å². The van der Waals surface area contributed by atoms with Gasteiger partial charge in [-0.1, -0.05) is 33.6 Å². The quantitative estimate of drug-likeness (QED) is 0.213. The van der Waals surface area contributed by atoms with Gasteiger partial charge in [0, 0.05) is 99.9 Å². The highest BCUT2D eigenvalue weighted by molar-refractivity contribution is 7.05. The van der Waals surface area contributed by atoms with Crippen LogP contribution in [0.25, 0.3) is 33.5 Å². The Kier molecular flexibility index (Phi) is 16.2. The zero-order valence-electron chi connectivity index (χ0n) is 42.2. The van der Waals surface area contributed by atoms with Crippen molar-refractivity contribution in [2.75, 3.05) is 73.2 Å². The van der Waals surface area contributed by atoms with Crippen LogP contribution in [0.3, 0.4) is 0 Å². The molecule has 380 valence electrons. The number of methoxy groups -OCH3 is 1. The second kappa shape index (κ2) is 22.3. The molecule has 0 spiro atoms. The Morgan fingerprint density at radius 2 is 1.90 bits per heavy atom. The van der Waals surface area contributed by atoms with Crippen LogP contribution in [0.4, 0.5) is 0 Å². The number of nitrogens with one attached hydrogen (secondary N) is 2. The van der Waals surface area contributed by atoms with Crippen LogP contribution in [-0.4, -0.2) is 159 Å². The second-order valence-corrected chi connectivity index (χ2v) is 21.0. The van der Waals surface area contributed by atoms with Gasteiger partial charge in [0.15, 0.2) is 12.4 Å². The van der Waals surface area contributed by atoms with Gasteiger partial charge >= 0.3 is 6.17 Å². The number of carbonyl (C=O) groups excluding carboxylic acids is 4. The van der Waals surface area contributed by atoms with Gasteiger partial charge in [-0.25, -0.2) is 9.82 Å². The average molecular weight is 995 g/mol. The maximum Gasteiger partial charge on any atom is 0.326 e. The first kappa shape index (κ1) is 51.5. The van der Waals surface area contributed by atoms with Crippen molar-refractivity contribution in [1.29, 1.82) is 0 Å². The van der Waals surface area contributed by atoms with E-state index in [9.17, 15) is 24.1 Å². The first-order valence-corrected chi connectivity index (χ1v) is 25.6. The number of aryl methyl sites for hydroxylation is 1. The number of morpholine rings is 1. The number of nitrogens with zero attached hydrogens (tertiary/aromatic N) is 9. The largest absolute Gasteiger partial charge is 0.379 e. The predicted octanol–water partition coefficient (Wildman–Crippen LogP) is 4.39. The zero-order chi connectivity index (χ0) is 50.6. The molecule has 4 aliphatic heterocycles. The summed E-state index contributed by atoms with van der Waals surface area (Å²) in [7, 11) is 3.27. The van der Waals surface area contributed by atoms with Gasteiger partial charge in [-0.3, -0.25) is 34.1 Å². The molecule has 3 fully saturated rings. The van der Waals surface area contributed by atoms with Gasteiger partial charge in [0.25, 0.3) is 11.8 Å². The Morgan fingerprint density at radius 1 is 1.11 bits per heavy atom. The lowest BCUT2D eigenvalue weighted by molar-refractivity contribution is -0.835. The van der Waals surface area contributed by atoms with E-state index in [1.54, 1.807) is 25.3 Å². The summed E-state index contributed by atoms with van der Waals surface area (Å²) in [5.74, 6) is 3.74. The van der Waals surface area contributed by atoms with Crippen molar-refractivity contribution in [3.63, 3.8) is 0 Å².